The van der Waals surface area contributed by atoms with Crippen LogP contribution in [0.3, 0.4) is 0 Å². The number of benzene rings is 2. The molecule has 0 aliphatic carbocycles. The molecule has 6 heteroatoms. The molecule has 0 saturated carbocycles. The van der Waals surface area contributed by atoms with E-state index in [1.807, 2.05) is 0 Å². The number of carbonyl (C=O) groups is 3. The number of hydrogen-bond donors (Lipinski definition) is 3. The molecule has 21 heavy (non-hydrogen) atoms. The Hall–Kier alpha value is -3.15. The first-order chi connectivity index (χ1) is 9.97. The average molecular weight is 284 g/mol. The monoisotopic (exact) mass is 284 g/mol. The maximum Gasteiger partial charge on any atom is 0.335 e. The van der Waals surface area contributed by atoms with Gasteiger partial charge in [-0.25, -0.2) is 4.79 Å². The van der Waals surface area contributed by atoms with E-state index in [2.05, 4.69) is 5.32 Å². The molecule has 0 bridgehead atoms. The highest BCUT2D eigenvalue weighted by Crippen LogP contribution is 2.13. The summed E-state index contributed by atoms with van der Waals surface area (Å²) in [5, 5.41) is 11.5. The molecule has 0 fully saturated rings. The smallest absolute Gasteiger partial charge is 0.335 e. The minimum atomic E-state index is -1.07. The van der Waals surface area contributed by atoms with Crippen LogP contribution >= 0.6 is 0 Å². The fourth-order valence-corrected chi connectivity index (χ4v) is 1.72. The second-order valence-corrected chi connectivity index (χ2v) is 4.28. The summed E-state index contributed by atoms with van der Waals surface area (Å²) in [4.78, 5) is 33.8. The number of carbonyl (C=O) groups excluding carboxylic acids is 2. The molecule has 2 aromatic rings. The number of rotatable bonds is 4. The van der Waals surface area contributed by atoms with Crippen molar-refractivity contribution in [1.29, 1.82) is 0 Å². The zero-order valence-corrected chi connectivity index (χ0v) is 10.9. The summed E-state index contributed by atoms with van der Waals surface area (Å²) in [7, 11) is 0. The molecular formula is C15H12N2O4. The molecule has 2 amide bonds. The molecule has 0 saturated heterocycles. The van der Waals surface area contributed by atoms with Crippen molar-refractivity contribution in [2.45, 2.75) is 0 Å². The molecule has 0 radical (unpaired) electrons. The quantitative estimate of drug-likeness (QED) is 0.794. The Kier molecular flexibility index (Phi) is 3.99. The molecular weight excluding hydrogens is 272 g/mol. The van der Waals surface area contributed by atoms with E-state index in [1.54, 1.807) is 6.07 Å². The minimum Gasteiger partial charge on any atom is -0.478 e. The van der Waals surface area contributed by atoms with Crippen LogP contribution in [0.25, 0.3) is 0 Å². The van der Waals surface area contributed by atoms with Crippen LogP contribution < -0.4 is 11.1 Å². The van der Waals surface area contributed by atoms with E-state index in [-0.39, 0.29) is 5.56 Å². The molecule has 0 spiro atoms. The summed E-state index contributed by atoms with van der Waals surface area (Å²) in [6.45, 7) is 0. The summed E-state index contributed by atoms with van der Waals surface area (Å²) in [6, 6.07) is 11.7. The second kappa shape index (κ2) is 5.87. The first kappa shape index (κ1) is 14.3. The second-order valence-electron chi connectivity index (χ2n) is 4.28. The van der Waals surface area contributed by atoms with Gasteiger partial charge >= 0.3 is 5.97 Å². The van der Waals surface area contributed by atoms with E-state index < -0.39 is 17.8 Å². The number of carboxylic acid groups (broad SMARTS) is 1. The van der Waals surface area contributed by atoms with Crippen LogP contribution in [0.1, 0.15) is 31.1 Å². The van der Waals surface area contributed by atoms with E-state index in [9.17, 15) is 14.4 Å². The van der Waals surface area contributed by atoms with Crippen molar-refractivity contribution in [3.63, 3.8) is 0 Å². The predicted octanol–water partition coefficient (Wildman–Crippen LogP) is 1.74. The topological polar surface area (TPSA) is 109 Å². The number of primary amides is 1. The molecule has 0 aliphatic rings. The Morgan fingerprint density at radius 2 is 1.52 bits per heavy atom. The van der Waals surface area contributed by atoms with Crippen LogP contribution in [0.15, 0.2) is 48.5 Å². The number of amides is 2. The minimum absolute atomic E-state index is 0.0804. The Bertz CT molecular complexity index is 708. The Balaban J connectivity index is 2.16. The number of nitrogens with two attached hydrogens (primary N) is 1. The van der Waals surface area contributed by atoms with Gasteiger partial charge in [-0.15, -0.1) is 0 Å². The zero-order valence-electron chi connectivity index (χ0n) is 10.9. The van der Waals surface area contributed by atoms with Gasteiger partial charge in [0.15, 0.2) is 0 Å². The lowest BCUT2D eigenvalue weighted by atomic mass is 10.1. The molecule has 4 N–H and O–H groups in total. The highest BCUT2D eigenvalue weighted by atomic mass is 16.4. The van der Waals surface area contributed by atoms with Gasteiger partial charge < -0.3 is 16.2 Å². The van der Waals surface area contributed by atoms with Gasteiger partial charge in [-0.05, 0) is 42.5 Å². The van der Waals surface area contributed by atoms with Gasteiger partial charge in [0.25, 0.3) is 5.91 Å². The third-order valence-corrected chi connectivity index (χ3v) is 2.80. The van der Waals surface area contributed by atoms with E-state index >= 15 is 0 Å². The zero-order chi connectivity index (χ0) is 15.4. The van der Waals surface area contributed by atoms with Crippen LogP contribution in [-0.2, 0) is 0 Å². The highest BCUT2D eigenvalue weighted by molar-refractivity contribution is 6.05. The Morgan fingerprint density at radius 3 is 2.10 bits per heavy atom. The van der Waals surface area contributed by atoms with Crippen molar-refractivity contribution in [3.8, 4) is 0 Å². The fraction of sp³-hybridized carbons (Fsp3) is 0. The van der Waals surface area contributed by atoms with E-state index in [0.717, 1.165) is 0 Å². The van der Waals surface area contributed by atoms with Gasteiger partial charge in [0.05, 0.1) is 5.56 Å². The van der Waals surface area contributed by atoms with Crippen LogP contribution in [0.4, 0.5) is 5.69 Å². The SMILES string of the molecule is NC(=O)c1ccc(C(=O)Nc2cccc(C(=O)O)c2)cc1. The lowest BCUT2D eigenvalue weighted by molar-refractivity contribution is 0.0696. The molecule has 0 unspecified atom stereocenters. The lowest BCUT2D eigenvalue weighted by Gasteiger charge is -2.06. The van der Waals surface area contributed by atoms with Crippen molar-refractivity contribution in [2.24, 2.45) is 5.73 Å². The van der Waals surface area contributed by atoms with E-state index in [1.165, 1.54) is 42.5 Å². The highest BCUT2D eigenvalue weighted by Gasteiger charge is 2.09. The average Bonchev–Trinajstić information content (AvgIpc) is 2.47. The molecule has 0 atom stereocenters. The maximum absolute atomic E-state index is 12.0. The first-order valence-corrected chi connectivity index (χ1v) is 6.02. The van der Waals surface area contributed by atoms with Gasteiger partial charge in [0.1, 0.15) is 0 Å². The van der Waals surface area contributed by atoms with Crippen LogP contribution in [0, 0.1) is 0 Å². The Labute approximate surface area is 120 Å². The number of carboxylic acids is 1. The lowest BCUT2D eigenvalue weighted by Crippen LogP contribution is -2.14. The van der Waals surface area contributed by atoms with Crippen molar-refractivity contribution >= 4 is 23.5 Å². The number of aromatic carboxylic acids is 1. The van der Waals surface area contributed by atoms with E-state index in [4.69, 9.17) is 10.8 Å². The third kappa shape index (κ3) is 3.44. The summed E-state index contributed by atoms with van der Waals surface area (Å²) < 4.78 is 0. The van der Waals surface area contributed by atoms with Crippen molar-refractivity contribution in [3.05, 3.63) is 65.2 Å². The largest absolute Gasteiger partial charge is 0.478 e. The molecule has 2 aromatic carbocycles. The van der Waals surface area contributed by atoms with Crippen LogP contribution in [0.2, 0.25) is 0 Å². The molecule has 0 aliphatic heterocycles. The standard InChI is InChI=1S/C15H12N2O4/c16-13(18)9-4-6-10(7-5-9)14(19)17-12-3-1-2-11(8-12)15(20)21/h1-8H,(H2,16,18)(H,17,19)(H,20,21). The molecule has 106 valence electrons. The molecule has 2 rings (SSSR count). The molecule has 6 nitrogen and oxygen atoms in total. The predicted molar refractivity (Wildman–Crippen MR) is 76.3 cm³/mol. The van der Waals surface area contributed by atoms with Crippen molar-refractivity contribution in [1.82, 2.24) is 0 Å². The summed E-state index contributed by atoms with van der Waals surface area (Å²) in [5.41, 5.74) is 6.21. The van der Waals surface area contributed by atoms with Crippen molar-refractivity contribution < 1.29 is 19.5 Å². The van der Waals surface area contributed by atoms with Crippen molar-refractivity contribution in [2.75, 3.05) is 5.32 Å². The summed E-state index contributed by atoms with van der Waals surface area (Å²) in [5.74, 6) is -2.05. The maximum atomic E-state index is 12.0. The third-order valence-electron chi connectivity index (χ3n) is 2.80. The van der Waals surface area contributed by atoms with Gasteiger partial charge in [-0.1, -0.05) is 6.07 Å². The Morgan fingerprint density at radius 1 is 0.905 bits per heavy atom. The fourth-order valence-electron chi connectivity index (χ4n) is 1.72. The first-order valence-electron chi connectivity index (χ1n) is 6.02. The van der Waals surface area contributed by atoms with Crippen LogP contribution in [-0.4, -0.2) is 22.9 Å². The number of anilines is 1. The molecule has 0 heterocycles. The summed E-state index contributed by atoms with van der Waals surface area (Å²) in [6.07, 6.45) is 0. The van der Waals surface area contributed by atoms with Gasteiger partial charge in [-0.3, -0.25) is 9.59 Å². The van der Waals surface area contributed by atoms with Gasteiger partial charge in [-0.2, -0.15) is 0 Å². The number of hydrogen-bond acceptors (Lipinski definition) is 3. The molecule has 0 aromatic heterocycles. The van der Waals surface area contributed by atoms with Gasteiger partial charge in [0.2, 0.25) is 5.91 Å². The van der Waals surface area contributed by atoms with Crippen LogP contribution in [0.5, 0.6) is 0 Å². The number of nitrogens with one attached hydrogen (secondary N) is 1. The van der Waals surface area contributed by atoms with E-state index in [0.29, 0.717) is 16.8 Å². The summed E-state index contributed by atoms with van der Waals surface area (Å²) >= 11 is 0. The van der Waals surface area contributed by atoms with Gasteiger partial charge in [0, 0.05) is 16.8 Å². The normalized spacial score (nSPS) is 9.90.